The van der Waals surface area contributed by atoms with Crippen LogP contribution < -0.4 is 5.32 Å². The molecule has 38 heavy (non-hydrogen) atoms. The fourth-order valence-corrected chi connectivity index (χ4v) is 5.45. The summed E-state index contributed by atoms with van der Waals surface area (Å²) in [7, 11) is 0.209. The summed E-state index contributed by atoms with van der Waals surface area (Å²) in [5.41, 5.74) is 0. The van der Waals surface area contributed by atoms with E-state index in [1.807, 2.05) is 20.8 Å². The molecule has 3 unspecified atom stereocenters. The highest BCUT2D eigenvalue weighted by atomic mass is 31.2. The first-order valence-electron chi connectivity index (χ1n) is 12.2. The molecule has 0 saturated heterocycles. The molecule has 0 aliphatic rings. The zero-order chi connectivity index (χ0) is 29.5. The Morgan fingerprint density at radius 1 is 1.11 bits per heavy atom. The number of rotatable bonds is 20. The standard InChI is InChI=1S/C18H38N2O6P2.C5H7FN2O2/c1-9-23-27(24-10-2)14-22-18(21-8)17(7)26-28(25-13-11-12-19)20(15(3)4)16(5)6;1-8(6)3-2-5(10)7-4-9/h15-18H,9-11,13-14H2,1-8H3;2-4H,1H3,(H,7,9,10)/b;3-2-. The molecule has 0 aliphatic heterocycles. The number of nitriles is 1. The third kappa shape index (κ3) is 19.7. The second kappa shape index (κ2) is 24.7. The van der Waals surface area contributed by atoms with Crippen LogP contribution >= 0.6 is 16.9 Å². The van der Waals surface area contributed by atoms with Crippen LogP contribution in [0.3, 0.4) is 0 Å². The maximum atomic E-state index is 11.8. The fourth-order valence-electron chi connectivity index (χ4n) is 2.69. The van der Waals surface area contributed by atoms with Crippen LogP contribution in [-0.2, 0) is 37.2 Å². The predicted octanol–water partition coefficient (Wildman–Crippen LogP) is 4.59. The van der Waals surface area contributed by atoms with Gasteiger partial charge in [-0.25, -0.2) is 9.79 Å². The van der Waals surface area contributed by atoms with Crippen molar-refractivity contribution in [1.29, 1.82) is 5.26 Å². The lowest BCUT2D eigenvalue weighted by Gasteiger charge is -2.37. The zero-order valence-corrected chi connectivity index (χ0v) is 25.7. The van der Waals surface area contributed by atoms with E-state index in [9.17, 15) is 14.1 Å². The van der Waals surface area contributed by atoms with Gasteiger partial charge >= 0.3 is 0 Å². The molecular weight excluding hydrogens is 541 g/mol. The molecule has 1 N–H and O–H groups in total. The summed E-state index contributed by atoms with van der Waals surface area (Å²) in [5, 5.41) is 10.8. The maximum absolute atomic E-state index is 11.8. The van der Waals surface area contributed by atoms with Crippen LogP contribution in [0.1, 0.15) is 54.9 Å². The van der Waals surface area contributed by atoms with Gasteiger partial charge in [0.25, 0.3) is 14.4 Å². The molecule has 0 heterocycles. The number of amides is 2. The monoisotopic (exact) mass is 586 g/mol. The molecule has 0 aromatic carbocycles. The van der Waals surface area contributed by atoms with Crippen molar-refractivity contribution in [2.24, 2.45) is 0 Å². The summed E-state index contributed by atoms with van der Waals surface area (Å²) in [4.78, 5) is 19.9. The van der Waals surface area contributed by atoms with Crippen molar-refractivity contribution in [2.75, 3.05) is 40.3 Å². The average molecular weight is 587 g/mol. The van der Waals surface area contributed by atoms with Gasteiger partial charge in [-0.05, 0) is 48.5 Å². The van der Waals surface area contributed by atoms with Crippen LogP contribution in [0.15, 0.2) is 12.3 Å². The number of carbonyl (C=O) groups is 2. The first-order valence-corrected chi connectivity index (χ1v) is 14.7. The van der Waals surface area contributed by atoms with Crippen LogP contribution in [-0.4, -0.2) is 86.9 Å². The highest BCUT2D eigenvalue weighted by Gasteiger charge is 2.32. The quantitative estimate of drug-likeness (QED) is 0.0537. The summed E-state index contributed by atoms with van der Waals surface area (Å²) in [6.07, 6.45) is 1.67. The summed E-state index contributed by atoms with van der Waals surface area (Å²) in [5.74, 6) is -0.653. The molecule has 0 aromatic rings. The van der Waals surface area contributed by atoms with E-state index < -0.39 is 29.1 Å². The van der Waals surface area contributed by atoms with Gasteiger partial charge in [0.15, 0.2) is 14.7 Å². The van der Waals surface area contributed by atoms with E-state index in [1.54, 1.807) is 12.4 Å². The van der Waals surface area contributed by atoms with Crippen LogP contribution in [0, 0.1) is 11.3 Å². The van der Waals surface area contributed by atoms with Gasteiger partial charge in [-0.3, -0.25) is 14.9 Å². The second-order valence-corrected chi connectivity index (χ2v) is 10.7. The number of ether oxygens (including phenoxy) is 2. The van der Waals surface area contributed by atoms with E-state index in [0.29, 0.717) is 32.6 Å². The molecule has 0 spiro atoms. The highest BCUT2D eigenvalue weighted by Crippen LogP contribution is 2.48. The molecule has 222 valence electrons. The number of nitrogens with one attached hydrogen (secondary N) is 1. The molecule has 0 saturated carbocycles. The van der Waals surface area contributed by atoms with Crippen LogP contribution in [0.2, 0.25) is 0 Å². The summed E-state index contributed by atoms with van der Waals surface area (Å²) in [6, 6.07) is 2.56. The van der Waals surface area contributed by atoms with Gasteiger partial charge in [-0.1, -0.05) is 0 Å². The Kier molecular flexibility index (Phi) is 25.2. The van der Waals surface area contributed by atoms with Crippen LogP contribution in [0.25, 0.3) is 0 Å². The average Bonchev–Trinajstić information content (AvgIpc) is 2.83. The van der Waals surface area contributed by atoms with Gasteiger partial charge in [0.1, 0.15) is 12.5 Å². The van der Waals surface area contributed by atoms with Crippen molar-refractivity contribution >= 4 is 29.2 Å². The topological polar surface area (TPSA) is 132 Å². The van der Waals surface area contributed by atoms with Crippen molar-refractivity contribution < 1.29 is 41.6 Å². The lowest BCUT2D eigenvalue weighted by Crippen LogP contribution is -2.37. The molecule has 3 atom stereocenters. The van der Waals surface area contributed by atoms with Gasteiger partial charge < -0.3 is 27.6 Å². The van der Waals surface area contributed by atoms with Gasteiger partial charge in [0.05, 0.1) is 32.3 Å². The molecule has 0 fully saturated rings. The molecule has 0 radical (unpaired) electrons. The van der Waals surface area contributed by atoms with E-state index in [-0.39, 0.29) is 29.7 Å². The Morgan fingerprint density at radius 2 is 1.68 bits per heavy atom. The van der Waals surface area contributed by atoms with Crippen LogP contribution in [0.4, 0.5) is 4.48 Å². The van der Waals surface area contributed by atoms with Gasteiger partial charge in [0, 0.05) is 38.5 Å². The number of hydrogen-bond acceptors (Lipinski definition) is 11. The number of methoxy groups -OCH3 is 1. The van der Waals surface area contributed by atoms with Crippen molar-refractivity contribution in [3.05, 3.63) is 12.3 Å². The molecule has 0 bridgehead atoms. The Bertz CT molecular complexity index is 672. The number of nitrogens with zero attached hydrogens (tertiary/aromatic N) is 3. The number of hydrogen-bond donors (Lipinski definition) is 1. The Labute approximate surface area is 229 Å². The SMILES string of the molecule is CCOP(COC(OC)C(C)OP(OCCC#N)N(C(C)C)C(C)C)OCC.CN(F)/C=C\C(=O)NC=O. The second-order valence-electron chi connectivity index (χ2n) is 7.89. The molecule has 0 aromatic heterocycles. The third-order valence-electron chi connectivity index (χ3n) is 4.06. The largest absolute Gasteiger partial charge is 0.353 e. The first-order chi connectivity index (χ1) is 18.0. The Balaban J connectivity index is 0. The highest BCUT2D eigenvalue weighted by molar-refractivity contribution is 7.47. The number of halogens is 1. The molecule has 2 amide bonds. The normalized spacial score (nSPS) is 13.8. The molecule has 0 rings (SSSR count). The van der Waals surface area contributed by atoms with E-state index >= 15 is 0 Å². The molecule has 15 heteroatoms. The number of imide groups is 1. The summed E-state index contributed by atoms with van der Waals surface area (Å²) >= 11 is 0. The van der Waals surface area contributed by atoms with Crippen molar-refractivity contribution in [2.45, 2.75) is 79.4 Å². The summed E-state index contributed by atoms with van der Waals surface area (Å²) < 4.78 is 48.6. The lowest BCUT2D eigenvalue weighted by molar-refractivity contribution is -0.160. The minimum absolute atomic E-state index is 0.199. The third-order valence-corrected chi connectivity index (χ3v) is 7.73. The van der Waals surface area contributed by atoms with E-state index in [2.05, 4.69) is 38.4 Å². The lowest BCUT2D eigenvalue weighted by atomic mass is 10.3. The van der Waals surface area contributed by atoms with Gasteiger partial charge in [-0.15, -0.1) is 4.48 Å². The van der Waals surface area contributed by atoms with Crippen LogP contribution in [0.5, 0.6) is 0 Å². The zero-order valence-electron chi connectivity index (χ0n) is 24.0. The maximum Gasteiger partial charge on any atom is 0.259 e. The minimum Gasteiger partial charge on any atom is -0.353 e. The van der Waals surface area contributed by atoms with E-state index in [1.165, 1.54) is 0 Å². The minimum atomic E-state index is -1.37. The van der Waals surface area contributed by atoms with Crippen molar-refractivity contribution in [3.8, 4) is 6.07 Å². The number of carbonyl (C=O) groups excluding carboxylic acids is 2. The molecule has 12 nitrogen and oxygen atoms in total. The molecular formula is C23H45FN4O8P2. The van der Waals surface area contributed by atoms with Crippen molar-refractivity contribution in [1.82, 2.24) is 15.1 Å². The van der Waals surface area contributed by atoms with E-state index in [4.69, 9.17) is 32.8 Å². The van der Waals surface area contributed by atoms with E-state index in [0.717, 1.165) is 19.3 Å². The first kappa shape index (κ1) is 38.8. The van der Waals surface area contributed by atoms with Crippen molar-refractivity contribution in [3.63, 3.8) is 0 Å². The fraction of sp³-hybridized carbons (Fsp3) is 0.783. The molecule has 0 aliphatic carbocycles. The van der Waals surface area contributed by atoms with Gasteiger partial charge in [0.2, 0.25) is 6.41 Å². The Hall–Kier alpha value is -1.32. The smallest absolute Gasteiger partial charge is 0.259 e. The Morgan fingerprint density at radius 3 is 2.11 bits per heavy atom. The van der Waals surface area contributed by atoms with Gasteiger partial charge in [-0.2, -0.15) is 5.26 Å². The summed E-state index contributed by atoms with van der Waals surface area (Å²) in [6.45, 7) is 15.6. The predicted molar refractivity (Wildman–Crippen MR) is 145 cm³/mol.